The lowest BCUT2D eigenvalue weighted by Crippen LogP contribution is -2.42. The molecule has 0 aliphatic heterocycles. The van der Waals surface area contributed by atoms with Gasteiger partial charge in [-0.2, -0.15) is 0 Å². The van der Waals surface area contributed by atoms with Crippen molar-refractivity contribution in [2.75, 3.05) is 0 Å². The van der Waals surface area contributed by atoms with Crippen molar-refractivity contribution in [3.8, 4) is 11.1 Å². The summed E-state index contributed by atoms with van der Waals surface area (Å²) in [6.45, 7) is 3.42. The van der Waals surface area contributed by atoms with Crippen molar-refractivity contribution in [1.29, 1.82) is 0 Å². The zero-order valence-corrected chi connectivity index (χ0v) is 27.7. The fraction of sp³-hybridized carbons (Fsp3) is 0.303. The third-order valence-corrected chi connectivity index (χ3v) is 7.75. The van der Waals surface area contributed by atoms with Crippen molar-refractivity contribution in [2.24, 2.45) is 11.7 Å². The maximum atomic E-state index is 13.0. The van der Waals surface area contributed by atoms with E-state index in [1.165, 1.54) is 19.1 Å². The van der Waals surface area contributed by atoms with Crippen molar-refractivity contribution in [1.82, 2.24) is 20.4 Å². The van der Waals surface area contributed by atoms with Crippen molar-refractivity contribution >= 4 is 23.7 Å². The van der Waals surface area contributed by atoms with E-state index in [1.54, 1.807) is 12.1 Å². The van der Waals surface area contributed by atoms with Crippen molar-refractivity contribution in [2.45, 2.75) is 65.3 Å². The first kappa shape index (κ1) is 36.8. The molecule has 0 saturated heterocycles. The minimum atomic E-state index is -1.43. The zero-order valence-electron chi connectivity index (χ0n) is 27.0. The molecule has 3 aromatic carbocycles. The van der Waals surface area contributed by atoms with E-state index in [1.807, 2.05) is 53.1 Å². The number of hydrogen-bond acceptors (Lipinski definition) is 13. The van der Waals surface area contributed by atoms with E-state index in [-0.39, 0.29) is 23.9 Å². The molecule has 16 heteroatoms. The summed E-state index contributed by atoms with van der Waals surface area (Å²) in [5, 5.41) is 9.50. The second-order valence-electron chi connectivity index (χ2n) is 10.8. The van der Waals surface area contributed by atoms with Gasteiger partial charge >= 0.3 is 12.1 Å². The highest BCUT2D eigenvalue weighted by molar-refractivity contribution is 6.30. The third-order valence-electron chi connectivity index (χ3n) is 7.45. The number of ether oxygens (including phenoxy) is 3. The molecule has 0 fully saturated rings. The van der Waals surface area contributed by atoms with Crippen molar-refractivity contribution in [3.05, 3.63) is 122 Å². The van der Waals surface area contributed by atoms with Crippen LogP contribution in [0.15, 0.2) is 72.8 Å². The second kappa shape index (κ2) is 17.9. The monoisotopic (exact) mass is 695 g/mol. The number of carbonyl (C=O) groups excluding carboxylic acids is 2. The van der Waals surface area contributed by atoms with Crippen LogP contribution >= 0.6 is 11.6 Å². The number of hydrogen-bond donors (Lipinski definition) is 4. The molecular formula is C33H38ClN7O8. The Labute approximate surface area is 287 Å². The molecule has 0 saturated carbocycles. The van der Waals surface area contributed by atoms with E-state index in [0.29, 0.717) is 24.2 Å². The highest BCUT2D eigenvalue weighted by atomic mass is 35.5. The van der Waals surface area contributed by atoms with Crippen LogP contribution in [0.5, 0.6) is 0 Å². The maximum Gasteiger partial charge on any atom is 0.510 e. The van der Waals surface area contributed by atoms with Gasteiger partial charge in [-0.15, -0.1) is 10.1 Å². The Kier molecular flexibility index (Phi) is 13.4. The zero-order chi connectivity index (χ0) is 35.3. The molecule has 0 radical (unpaired) electrons. The number of nitrogens with zero attached hydrogens (tertiary/aromatic N) is 3. The first-order valence-electron chi connectivity index (χ1n) is 15.4. The minimum absolute atomic E-state index is 0.108. The molecule has 4 rings (SSSR count). The van der Waals surface area contributed by atoms with Gasteiger partial charge in [0.2, 0.25) is 6.29 Å². The summed E-state index contributed by atoms with van der Waals surface area (Å²) in [5.41, 5.74) is 10.6. The molecule has 0 aliphatic carbocycles. The van der Waals surface area contributed by atoms with Crippen LogP contribution in [-0.4, -0.2) is 33.1 Å². The van der Waals surface area contributed by atoms with Gasteiger partial charge in [-0.05, 0) is 53.3 Å². The van der Waals surface area contributed by atoms with E-state index < -0.39 is 29.7 Å². The summed E-state index contributed by atoms with van der Waals surface area (Å²) in [6, 6.07) is 22.1. The molecule has 0 amide bonds. The summed E-state index contributed by atoms with van der Waals surface area (Å²) in [6.07, 6.45) is -0.432. The fourth-order valence-electron chi connectivity index (χ4n) is 4.98. The summed E-state index contributed by atoms with van der Waals surface area (Å²) >= 11 is 6.59. The number of unbranched alkanes of at least 4 members (excludes halogenated alkanes) is 1. The molecule has 1 heterocycles. The normalized spacial score (nSPS) is 11.6. The Morgan fingerprint density at radius 1 is 0.980 bits per heavy atom. The van der Waals surface area contributed by atoms with Gasteiger partial charge in [0.25, 0.3) is 5.09 Å². The molecule has 15 nitrogen and oxygen atoms in total. The van der Waals surface area contributed by atoms with Crippen LogP contribution in [0, 0.1) is 10.1 Å². The predicted octanol–water partition coefficient (Wildman–Crippen LogP) is 5.08. The number of benzene rings is 3. The second-order valence-corrected chi connectivity index (χ2v) is 11.2. The van der Waals surface area contributed by atoms with Crippen LogP contribution in [0.4, 0.5) is 4.79 Å². The highest BCUT2D eigenvalue weighted by Crippen LogP contribution is 2.28. The molecule has 0 spiro atoms. The molecule has 0 bridgehead atoms. The van der Waals surface area contributed by atoms with Crippen LogP contribution in [0.25, 0.3) is 11.1 Å². The van der Waals surface area contributed by atoms with Gasteiger partial charge in [0.05, 0.1) is 11.3 Å². The minimum Gasteiger partial charge on any atom is -0.456 e. The summed E-state index contributed by atoms with van der Waals surface area (Å²) in [7, 11) is 0. The number of aromatic nitrogens is 2. The Morgan fingerprint density at radius 3 is 2.31 bits per heavy atom. The number of esters is 1. The first-order valence-corrected chi connectivity index (χ1v) is 15.8. The molecule has 260 valence electrons. The Morgan fingerprint density at radius 2 is 1.65 bits per heavy atom. The van der Waals surface area contributed by atoms with Gasteiger partial charge in [-0.25, -0.2) is 25.4 Å². The lowest BCUT2D eigenvalue weighted by atomic mass is 9.97. The third kappa shape index (κ3) is 10.2. The van der Waals surface area contributed by atoms with E-state index in [0.717, 1.165) is 40.9 Å². The number of aryl methyl sites for hydroxylation is 1. The Bertz CT molecular complexity index is 1710. The molecule has 6 N–H and O–H groups in total. The van der Waals surface area contributed by atoms with Crippen LogP contribution in [0.1, 0.15) is 71.4 Å². The smallest absolute Gasteiger partial charge is 0.456 e. The maximum absolute atomic E-state index is 13.0. The van der Waals surface area contributed by atoms with Gasteiger partial charge in [0.1, 0.15) is 25.2 Å². The number of rotatable bonds is 17. The number of halogens is 1. The Balaban J connectivity index is 1.43. The number of carbonyl (C=O) groups is 2. The number of nitrogens with one attached hydrogen (secondary N) is 2. The number of hydrazine groups is 2. The highest BCUT2D eigenvalue weighted by Gasteiger charge is 2.20. The first-order chi connectivity index (χ1) is 23.6. The molecule has 1 unspecified atom stereocenters. The standard InChI is InChI=1S/C33H38ClN7O8/c1-3-4-9-29-37-30(34)28(20-46-32(42)25-16-12-23(13-17-25)19-47-33(43)48-21(2)49-41(44)45)40(29)18-22-10-14-24(15-11-22)26-7-5-6-8-27(26)31(38-35)39-36/h5-8,10-17,21,31,38-39H,3-4,9,18-20,35-36H2,1-2H3. The van der Waals surface area contributed by atoms with Gasteiger partial charge in [0.15, 0.2) is 5.15 Å². The molecule has 4 aromatic rings. The van der Waals surface area contributed by atoms with E-state index >= 15 is 0 Å². The lowest BCUT2D eigenvalue weighted by molar-refractivity contribution is -0.777. The van der Waals surface area contributed by atoms with Gasteiger partial charge < -0.3 is 18.8 Å². The average Bonchev–Trinajstić information content (AvgIpc) is 3.39. The van der Waals surface area contributed by atoms with Crippen LogP contribution in [-0.2, 0) is 45.2 Å². The topological polar surface area (TPSA) is 208 Å². The van der Waals surface area contributed by atoms with E-state index in [2.05, 4.69) is 32.3 Å². The molecule has 1 aromatic heterocycles. The molecular weight excluding hydrogens is 658 g/mol. The van der Waals surface area contributed by atoms with Gasteiger partial charge in [-0.3, -0.25) is 16.5 Å². The molecule has 1 atom stereocenters. The summed E-state index contributed by atoms with van der Waals surface area (Å²) < 4.78 is 17.2. The fourth-order valence-corrected chi connectivity index (χ4v) is 5.23. The van der Waals surface area contributed by atoms with E-state index in [9.17, 15) is 19.7 Å². The van der Waals surface area contributed by atoms with Crippen molar-refractivity contribution in [3.63, 3.8) is 0 Å². The molecule has 0 aliphatic rings. The number of imidazole rings is 1. The quantitative estimate of drug-likeness (QED) is 0.0374. The lowest BCUT2D eigenvalue weighted by Gasteiger charge is -2.19. The van der Waals surface area contributed by atoms with E-state index in [4.69, 9.17) is 32.8 Å². The Hall–Kier alpha value is -5.06. The largest absolute Gasteiger partial charge is 0.510 e. The van der Waals surface area contributed by atoms with Crippen molar-refractivity contribution < 1.29 is 33.7 Å². The molecule has 49 heavy (non-hydrogen) atoms. The van der Waals surface area contributed by atoms with Crippen LogP contribution in [0.2, 0.25) is 5.15 Å². The SMILES string of the molecule is CCCCc1nc(Cl)c(COC(=O)c2ccc(COC(=O)OC(C)O[N+](=O)[O-])cc2)n1Cc1ccc(-c2ccccc2C(NN)NN)cc1. The summed E-state index contributed by atoms with van der Waals surface area (Å²) in [5.74, 6) is 11.6. The average molecular weight is 696 g/mol. The predicted molar refractivity (Wildman–Crippen MR) is 179 cm³/mol. The summed E-state index contributed by atoms with van der Waals surface area (Å²) in [4.78, 5) is 43.7. The number of nitrogens with two attached hydrogens (primary N) is 2. The van der Waals surface area contributed by atoms with Gasteiger partial charge in [-0.1, -0.05) is 85.6 Å². The van der Waals surface area contributed by atoms with Crippen LogP contribution in [0.3, 0.4) is 0 Å². The van der Waals surface area contributed by atoms with Crippen LogP contribution < -0.4 is 22.5 Å². The van der Waals surface area contributed by atoms with Gasteiger partial charge in [0, 0.05) is 13.0 Å².